The smallest absolute Gasteiger partial charge is 0.267 e. The molecule has 0 unspecified atom stereocenters. The van der Waals surface area contributed by atoms with Crippen molar-refractivity contribution in [2.45, 2.75) is 12.6 Å². The number of hydrogen-bond acceptors (Lipinski definition) is 5. The summed E-state index contributed by atoms with van der Waals surface area (Å²) in [7, 11) is 1.51. The molecule has 0 fully saturated rings. The summed E-state index contributed by atoms with van der Waals surface area (Å²) in [5.74, 6) is -1.77. The van der Waals surface area contributed by atoms with E-state index < -0.39 is 23.8 Å². The van der Waals surface area contributed by atoms with Crippen molar-refractivity contribution in [3.63, 3.8) is 0 Å². The number of ether oxygens (including phenoxy) is 2. The number of rotatable bonds is 7. The first-order valence-corrected chi connectivity index (χ1v) is 12.0. The molecule has 7 nitrogen and oxygen atoms in total. The lowest BCUT2D eigenvalue weighted by Crippen LogP contribution is -2.53. The average Bonchev–Trinajstić information content (AvgIpc) is 2.96. The Kier molecular flexibility index (Phi) is 8.21. The van der Waals surface area contributed by atoms with Crippen LogP contribution in [0.15, 0.2) is 59.8 Å². The first-order valence-electron chi connectivity index (χ1n) is 10.8. The Labute approximate surface area is 221 Å². The van der Waals surface area contributed by atoms with Crippen LogP contribution in [0, 0.1) is 5.82 Å². The third-order valence-electron chi connectivity index (χ3n) is 5.42. The molecule has 0 bridgehead atoms. The summed E-state index contributed by atoms with van der Waals surface area (Å²) in [6, 6.07) is 6.61. The molecule has 0 saturated heterocycles. The zero-order valence-corrected chi connectivity index (χ0v) is 21.2. The van der Waals surface area contributed by atoms with Gasteiger partial charge in [0, 0.05) is 29.0 Å². The van der Waals surface area contributed by atoms with Gasteiger partial charge in [0.1, 0.15) is 18.2 Å². The van der Waals surface area contributed by atoms with E-state index in [1.54, 1.807) is 12.2 Å². The monoisotopic (exact) mass is 551 g/mol. The highest BCUT2D eigenvalue weighted by atomic mass is 35.5. The average molecular weight is 553 g/mol. The summed E-state index contributed by atoms with van der Waals surface area (Å²) < 4.78 is 24.5. The number of carbonyl (C=O) groups excluding carboxylic acids is 2. The maximum Gasteiger partial charge on any atom is 0.267 e. The minimum Gasteiger partial charge on any atom is -0.490 e. The van der Waals surface area contributed by atoms with Crippen molar-refractivity contribution in [1.29, 1.82) is 0 Å². The number of hydrogen-bond donors (Lipinski definition) is 3. The van der Waals surface area contributed by atoms with E-state index in [2.05, 4.69) is 16.0 Å². The highest BCUT2D eigenvalue weighted by Crippen LogP contribution is 2.38. The van der Waals surface area contributed by atoms with Gasteiger partial charge in [-0.1, -0.05) is 47.0 Å². The number of fused-ring (bicyclic) bond motifs is 1. The van der Waals surface area contributed by atoms with Gasteiger partial charge in [0.25, 0.3) is 11.8 Å². The molecule has 188 valence electrons. The van der Waals surface area contributed by atoms with E-state index in [9.17, 15) is 14.0 Å². The van der Waals surface area contributed by atoms with Crippen molar-refractivity contribution in [3.8, 4) is 5.75 Å². The van der Waals surface area contributed by atoms with Gasteiger partial charge in [-0.05, 0) is 42.8 Å². The van der Waals surface area contributed by atoms with Gasteiger partial charge in [-0.3, -0.25) is 9.59 Å². The van der Waals surface area contributed by atoms with E-state index >= 15 is 0 Å². The Morgan fingerprint density at radius 3 is 2.64 bits per heavy atom. The second-order valence-electron chi connectivity index (χ2n) is 7.83. The molecule has 2 aromatic rings. The molecule has 1 aliphatic heterocycles. The third kappa shape index (κ3) is 5.68. The molecule has 0 saturated carbocycles. The van der Waals surface area contributed by atoms with Gasteiger partial charge >= 0.3 is 0 Å². The topological polar surface area (TPSA) is 88.7 Å². The number of benzene rings is 2. The maximum atomic E-state index is 14.0. The van der Waals surface area contributed by atoms with Crippen LogP contribution in [0.4, 0.5) is 4.39 Å². The summed E-state index contributed by atoms with van der Waals surface area (Å²) in [6.07, 6.45) is 4.64. The zero-order chi connectivity index (χ0) is 25.8. The van der Waals surface area contributed by atoms with Gasteiger partial charge in [0.15, 0.2) is 6.17 Å². The SMILES string of the molecule is COCCOc1ccc(F)cc1C(=O)N[C@@H]1NC(c2c(Cl)cc(Cl)cc2Cl)=C2CC=CC=C2NC1=O. The predicted molar refractivity (Wildman–Crippen MR) is 137 cm³/mol. The highest BCUT2D eigenvalue weighted by Gasteiger charge is 2.32. The number of halogens is 4. The maximum absolute atomic E-state index is 14.0. The molecule has 0 spiro atoms. The highest BCUT2D eigenvalue weighted by molar-refractivity contribution is 6.40. The zero-order valence-electron chi connectivity index (χ0n) is 19.0. The molecule has 0 aromatic heterocycles. The molecule has 2 aliphatic rings. The Bertz CT molecular complexity index is 1290. The quantitative estimate of drug-likeness (QED) is 0.428. The van der Waals surface area contributed by atoms with Crippen molar-refractivity contribution in [1.82, 2.24) is 16.0 Å². The molecule has 1 aliphatic carbocycles. The van der Waals surface area contributed by atoms with E-state index in [-0.39, 0.29) is 34.6 Å². The molecule has 1 heterocycles. The summed E-state index contributed by atoms with van der Waals surface area (Å²) in [5, 5.41) is 9.34. The second-order valence-corrected chi connectivity index (χ2v) is 9.08. The summed E-state index contributed by atoms with van der Waals surface area (Å²) in [4.78, 5) is 26.3. The Morgan fingerprint density at radius 2 is 1.92 bits per heavy atom. The van der Waals surface area contributed by atoms with Crippen molar-refractivity contribution < 1.29 is 23.5 Å². The summed E-state index contributed by atoms with van der Waals surface area (Å²) in [6.45, 7) is 0.420. The normalized spacial score (nSPS) is 17.0. The Balaban J connectivity index is 1.69. The van der Waals surface area contributed by atoms with Crippen LogP contribution in [0.3, 0.4) is 0 Å². The van der Waals surface area contributed by atoms with E-state index in [1.807, 2.05) is 6.08 Å². The first-order chi connectivity index (χ1) is 17.3. The second kappa shape index (κ2) is 11.3. The van der Waals surface area contributed by atoms with Crippen LogP contribution >= 0.6 is 34.8 Å². The first kappa shape index (κ1) is 26.0. The van der Waals surface area contributed by atoms with Gasteiger partial charge in [0.05, 0.1) is 27.9 Å². The van der Waals surface area contributed by atoms with Crippen LogP contribution in [0.5, 0.6) is 5.75 Å². The molecule has 11 heteroatoms. The van der Waals surface area contributed by atoms with Crippen molar-refractivity contribution in [2.24, 2.45) is 0 Å². The number of carbonyl (C=O) groups is 2. The van der Waals surface area contributed by atoms with Crippen LogP contribution in [0.2, 0.25) is 15.1 Å². The van der Waals surface area contributed by atoms with Crippen molar-refractivity contribution >= 4 is 52.3 Å². The lowest BCUT2D eigenvalue weighted by molar-refractivity contribution is -0.122. The fourth-order valence-electron chi connectivity index (χ4n) is 3.77. The van der Waals surface area contributed by atoms with Gasteiger partial charge in [0.2, 0.25) is 0 Å². The van der Waals surface area contributed by atoms with Gasteiger partial charge < -0.3 is 25.4 Å². The molecule has 1 atom stereocenters. The van der Waals surface area contributed by atoms with Crippen LogP contribution in [0.1, 0.15) is 22.3 Å². The van der Waals surface area contributed by atoms with E-state index in [1.165, 1.54) is 31.4 Å². The fraction of sp³-hybridized carbons (Fsp3) is 0.200. The van der Waals surface area contributed by atoms with Gasteiger partial charge in [-0.25, -0.2) is 4.39 Å². The lowest BCUT2D eigenvalue weighted by atomic mass is 9.97. The molecule has 2 aromatic carbocycles. The number of methoxy groups -OCH3 is 1. The number of nitrogens with one attached hydrogen (secondary N) is 3. The minimum atomic E-state index is -1.26. The number of amides is 2. The molecule has 4 rings (SSSR count). The fourth-order valence-corrected chi connectivity index (χ4v) is 4.78. The molecule has 3 N–H and O–H groups in total. The number of allylic oxidation sites excluding steroid dienone is 4. The van der Waals surface area contributed by atoms with Crippen molar-refractivity contribution in [3.05, 3.63) is 91.8 Å². The molecule has 2 amide bonds. The lowest BCUT2D eigenvalue weighted by Gasteiger charge is -2.22. The standard InChI is InChI=1S/C25H21Cl3FN3O4/c1-35-8-9-36-20-7-6-14(29)12-16(20)24(33)32-23-25(34)30-19-5-3-2-4-15(19)22(31-23)21-17(27)10-13(26)11-18(21)28/h2-3,5-7,10-12,23,31H,4,8-9H2,1H3,(H,30,34)(H,32,33)/t23-/m0/s1. The molecular formula is C25H21Cl3FN3O4. The van der Waals surface area contributed by atoms with E-state index in [0.29, 0.717) is 34.0 Å². The molecule has 0 radical (unpaired) electrons. The largest absolute Gasteiger partial charge is 0.490 e. The van der Waals surface area contributed by atoms with E-state index in [0.717, 1.165) is 6.07 Å². The van der Waals surface area contributed by atoms with E-state index in [4.69, 9.17) is 44.3 Å². The Hall–Kier alpha value is -3.04. The van der Waals surface area contributed by atoms with Gasteiger partial charge in [-0.15, -0.1) is 0 Å². The predicted octanol–water partition coefficient (Wildman–Crippen LogP) is 4.84. The minimum absolute atomic E-state index is 0.0833. The van der Waals surface area contributed by atoms with Crippen molar-refractivity contribution in [2.75, 3.05) is 20.3 Å². The third-order valence-corrected chi connectivity index (χ3v) is 6.23. The van der Waals surface area contributed by atoms with Crippen LogP contribution in [-0.4, -0.2) is 38.3 Å². The molecule has 36 heavy (non-hydrogen) atoms. The van der Waals surface area contributed by atoms with Crippen LogP contribution in [0.25, 0.3) is 5.70 Å². The Morgan fingerprint density at radius 1 is 1.17 bits per heavy atom. The summed E-state index contributed by atoms with van der Waals surface area (Å²) in [5.41, 5.74) is 2.02. The van der Waals surface area contributed by atoms with Gasteiger partial charge in [-0.2, -0.15) is 0 Å². The molecular weight excluding hydrogens is 532 g/mol. The summed E-state index contributed by atoms with van der Waals surface area (Å²) >= 11 is 19.1. The van der Waals surface area contributed by atoms with Crippen LogP contribution in [-0.2, 0) is 9.53 Å². The van der Waals surface area contributed by atoms with Crippen LogP contribution < -0.4 is 20.7 Å².